The van der Waals surface area contributed by atoms with Crippen LogP contribution in [0.5, 0.6) is 5.75 Å². The quantitative estimate of drug-likeness (QED) is 0.451. The summed E-state index contributed by atoms with van der Waals surface area (Å²) >= 11 is 0. The monoisotopic (exact) mass is 401 g/mol. The molecule has 0 aliphatic heterocycles. The van der Waals surface area contributed by atoms with E-state index in [0.717, 1.165) is 38.8 Å². The average molecular weight is 401 g/mol. The molecule has 152 valence electrons. The number of hydrogen-bond acceptors (Lipinski definition) is 4. The van der Waals surface area contributed by atoms with Crippen molar-refractivity contribution in [2.75, 3.05) is 0 Å². The van der Waals surface area contributed by atoms with Crippen molar-refractivity contribution in [3.05, 3.63) is 89.2 Å². The first-order valence-corrected chi connectivity index (χ1v) is 9.78. The predicted molar refractivity (Wildman–Crippen MR) is 116 cm³/mol. The lowest BCUT2D eigenvalue weighted by atomic mass is 9.95. The molecule has 30 heavy (non-hydrogen) atoms. The maximum absolute atomic E-state index is 11.1. The maximum atomic E-state index is 11.1. The van der Waals surface area contributed by atoms with Crippen molar-refractivity contribution in [2.24, 2.45) is 5.73 Å². The van der Waals surface area contributed by atoms with Gasteiger partial charge in [0.2, 0.25) is 0 Å². The van der Waals surface area contributed by atoms with Crippen molar-refractivity contribution >= 4 is 16.9 Å². The van der Waals surface area contributed by atoms with Crippen LogP contribution in [0.25, 0.3) is 22.1 Å². The molecule has 4 aromatic rings. The molecule has 5 heteroatoms. The zero-order chi connectivity index (χ0) is 21.1. The highest BCUT2D eigenvalue weighted by atomic mass is 16.5. The van der Waals surface area contributed by atoms with Gasteiger partial charge in [-0.3, -0.25) is 4.79 Å². The summed E-state index contributed by atoms with van der Waals surface area (Å²) in [6.07, 6.45) is 1.62. The van der Waals surface area contributed by atoms with E-state index in [2.05, 4.69) is 12.1 Å². The highest BCUT2D eigenvalue weighted by Crippen LogP contribution is 2.35. The molecule has 0 radical (unpaired) electrons. The lowest BCUT2D eigenvalue weighted by Crippen LogP contribution is -2.05. The number of rotatable bonds is 7. The summed E-state index contributed by atoms with van der Waals surface area (Å²) in [5.74, 6) is -0.303. The Morgan fingerprint density at radius 2 is 1.90 bits per heavy atom. The number of benzene rings is 3. The molecule has 0 aliphatic rings. The summed E-state index contributed by atoms with van der Waals surface area (Å²) in [5.41, 5.74) is 12.5. The third kappa shape index (κ3) is 3.93. The summed E-state index contributed by atoms with van der Waals surface area (Å²) in [4.78, 5) is 11.1. The maximum Gasteiger partial charge on any atom is 0.307 e. The normalized spacial score (nSPS) is 11.0. The Labute approximate surface area is 174 Å². The highest BCUT2D eigenvalue weighted by Gasteiger charge is 2.15. The van der Waals surface area contributed by atoms with E-state index in [9.17, 15) is 4.79 Å². The van der Waals surface area contributed by atoms with E-state index >= 15 is 0 Å². The second-order valence-electron chi connectivity index (χ2n) is 7.24. The molecule has 0 bridgehead atoms. The van der Waals surface area contributed by atoms with Crippen molar-refractivity contribution in [1.29, 1.82) is 0 Å². The SMILES string of the molecule is Cc1c(COc2ccccc2CC(=O)O)cc(-c2cccc(CN)c2)c2occc12. The Bertz CT molecular complexity index is 1210. The van der Waals surface area contributed by atoms with Crippen molar-refractivity contribution in [2.45, 2.75) is 26.5 Å². The molecule has 0 saturated carbocycles. The van der Waals surface area contributed by atoms with Crippen LogP contribution in [0.3, 0.4) is 0 Å². The Morgan fingerprint density at radius 1 is 1.07 bits per heavy atom. The molecule has 1 aromatic heterocycles. The van der Waals surface area contributed by atoms with Gasteiger partial charge in [-0.25, -0.2) is 0 Å². The fraction of sp³-hybridized carbons (Fsp3) is 0.160. The van der Waals surface area contributed by atoms with Crippen LogP contribution in [0.15, 0.2) is 71.3 Å². The number of aryl methyl sites for hydroxylation is 1. The molecule has 3 aromatic carbocycles. The van der Waals surface area contributed by atoms with Gasteiger partial charge in [-0.05, 0) is 53.4 Å². The largest absolute Gasteiger partial charge is 0.489 e. The molecule has 5 nitrogen and oxygen atoms in total. The summed E-state index contributed by atoms with van der Waals surface area (Å²) in [6.45, 7) is 2.84. The number of furan rings is 1. The van der Waals surface area contributed by atoms with E-state index in [0.29, 0.717) is 24.5 Å². The number of carboxylic acids is 1. The number of ether oxygens (including phenoxy) is 1. The third-order valence-corrected chi connectivity index (χ3v) is 5.29. The topological polar surface area (TPSA) is 85.7 Å². The summed E-state index contributed by atoms with van der Waals surface area (Å²) in [5, 5.41) is 10.2. The fourth-order valence-electron chi connectivity index (χ4n) is 3.67. The van der Waals surface area contributed by atoms with Gasteiger partial charge in [0.15, 0.2) is 0 Å². The lowest BCUT2D eigenvalue weighted by Gasteiger charge is -2.14. The zero-order valence-electron chi connectivity index (χ0n) is 16.7. The molecule has 0 spiro atoms. The first-order valence-electron chi connectivity index (χ1n) is 9.78. The molecule has 0 aliphatic carbocycles. The van der Waals surface area contributed by atoms with E-state index in [1.165, 1.54) is 0 Å². The molecule has 1 heterocycles. The van der Waals surface area contributed by atoms with Gasteiger partial charge in [-0.1, -0.05) is 36.4 Å². The molecule has 0 fully saturated rings. The van der Waals surface area contributed by atoms with E-state index < -0.39 is 5.97 Å². The predicted octanol–water partition coefficient (Wildman–Crippen LogP) is 5.07. The summed E-state index contributed by atoms with van der Waals surface area (Å²) in [7, 11) is 0. The van der Waals surface area contributed by atoms with Crippen LogP contribution in [0.2, 0.25) is 0 Å². The minimum atomic E-state index is -0.885. The lowest BCUT2D eigenvalue weighted by molar-refractivity contribution is -0.136. The van der Waals surface area contributed by atoms with E-state index in [1.54, 1.807) is 18.4 Å². The Morgan fingerprint density at radius 3 is 2.70 bits per heavy atom. The van der Waals surface area contributed by atoms with Crippen LogP contribution < -0.4 is 10.5 Å². The molecule has 4 rings (SSSR count). The minimum Gasteiger partial charge on any atom is -0.489 e. The number of nitrogens with two attached hydrogens (primary N) is 1. The van der Waals surface area contributed by atoms with Gasteiger partial charge in [0.25, 0.3) is 0 Å². The minimum absolute atomic E-state index is 0.0763. The van der Waals surface area contributed by atoms with Crippen LogP contribution in [0.1, 0.15) is 22.3 Å². The zero-order valence-corrected chi connectivity index (χ0v) is 16.7. The number of carboxylic acid groups (broad SMARTS) is 1. The van der Waals surface area contributed by atoms with Crippen molar-refractivity contribution in [3.63, 3.8) is 0 Å². The van der Waals surface area contributed by atoms with Gasteiger partial charge >= 0.3 is 5.97 Å². The Balaban J connectivity index is 1.72. The molecule has 0 unspecified atom stereocenters. The second-order valence-corrected chi connectivity index (χ2v) is 7.24. The summed E-state index contributed by atoms with van der Waals surface area (Å²) in [6, 6.07) is 19.4. The fourth-order valence-corrected chi connectivity index (χ4v) is 3.67. The molecule has 0 saturated heterocycles. The number of aliphatic carboxylic acids is 1. The Kier molecular flexibility index (Phi) is 5.55. The van der Waals surface area contributed by atoms with Gasteiger partial charge in [0.1, 0.15) is 17.9 Å². The van der Waals surface area contributed by atoms with Gasteiger partial charge in [0, 0.05) is 23.1 Å². The van der Waals surface area contributed by atoms with Crippen LogP contribution >= 0.6 is 0 Å². The van der Waals surface area contributed by atoms with Crippen LogP contribution in [-0.2, 0) is 24.4 Å². The van der Waals surface area contributed by atoms with E-state index in [1.807, 2.05) is 43.3 Å². The van der Waals surface area contributed by atoms with Crippen molar-refractivity contribution < 1.29 is 19.1 Å². The number of carbonyl (C=O) groups is 1. The van der Waals surface area contributed by atoms with Gasteiger partial charge in [-0.2, -0.15) is 0 Å². The smallest absolute Gasteiger partial charge is 0.307 e. The van der Waals surface area contributed by atoms with Gasteiger partial charge in [-0.15, -0.1) is 0 Å². The molecular formula is C25H23NO4. The molecule has 0 amide bonds. The van der Waals surface area contributed by atoms with Gasteiger partial charge < -0.3 is 20.0 Å². The number of fused-ring (bicyclic) bond motifs is 1. The van der Waals surface area contributed by atoms with Crippen molar-refractivity contribution in [3.8, 4) is 16.9 Å². The third-order valence-electron chi connectivity index (χ3n) is 5.29. The standard InChI is InChI=1S/C25H23NO4/c1-16-20(15-30-23-8-3-2-6-19(23)13-24(27)28)12-22(25-21(16)9-10-29-25)18-7-4-5-17(11-18)14-26/h2-12H,13-15,26H2,1H3,(H,27,28). The first-order chi connectivity index (χ1) is 14.6. The summed E-state index contributed by atoms with van der Waals surface area (Å²) < 4.78 is 11.9. The van der Waals surface area contributed by atoms with Crippen LogP contribution in [0.4, 0.5) is 0 Å². The Hall–Kier alpha value is -3.57. The van der Waals surface area contributed by atoms with Gasteiger partial charge in [0.05, 0.1) is 12.7 Å². The average Bonchev–Trinajstić information content (AvgIpc) is 3.24. The van der Waals surface area contributed by atoms with E-state index in [-0.39, 0.29) is 6.42 Å². The molecular weight excluding hydrogens is 378 g/mol. The van der Waals surface area contributed by atoms with Crippen LogP contribution in [0, 0.1) is 6.92 Å². The highest BCUT2D eigenvalue weighted by molar-refractivity contribution is 5.95. The molecule has 0 atom stereocenters. The number of hydrogen-bond donors (Lipinski definition) is 2. The van der Waals surface area contributed by atoms with Crippen molar-refractivity contribution in [1.82, 2.24) is 0 Å². The van der Waals surface area contributed by atoms with Crippen LogP contribution in [-0.4, -0.2) is 11.1 Å². The van der Waals surface area contributed by atoms with E-state index in [4.69, 9.17) is 20.0 Å². The second kappa shape index (κ2) is 8.43. The number of para-hydroxylation sites is 1. The molecule has 3 N–H and O–H groups in total. The first kappa shape index (κ1) is 19.7.